The summed E-state index contributed by atoms with van der Waals surface area (Å²) in [6, 6.07) is 0. The van der Waals surface area contributed by atoms with Crippen molar-refractivity contribution in [1.29, 1.82) is 0 Å². The van der Waals surface area contributed by atoms with Crippen molar-refractivity contribution in [3.63, 3.8) is 0 Å². The molecule has 0 spiro atoms. The van der Waals surface area contributed by atoms with E-state index in [0.29, 0.717) is 18.9 Å². The molecule has 1 aliphatic rings. The molecule has 0 unspecified atom stereocenters. The van der Waals surface area contributed by atoms with Gasteiger partial charge in [-0.1, -0.05) is 13.8 Å². The summed E-state index contributed by atoms with van der Waals surface area (Å²) in [5.74, 6) is 0.311. The molecule has 1 fully saturated rings. The summed E-state index contributed by atoms with van der Waals surface area (Å²) < 4.78 is 0. The average molecular weight is 214 g/mol. The van der Waals surface area contributed by atoms with E-state index in [2.05, 4.69) is 19.2 Å². The van der Waals surface area contributed by atoms with Crippen molar-refractivity contribution in [1.82, 2.24) is 5.32 Å². The van der Waals surface area contributed by atoms with Crippen molar-refractivity contribution in [3.05, 3.63) is 0 Å². The second-order valence-electron chi connectivity index (χ2n) is 4.81. The highest BCUT2D eigenvalue weighted by atomic mass is 16.4. The molecule has 0 aromatic heterocycles. The molecular weight excluding hydrogens is 196 g/mol. The molecule has 1 aliphatic carbocycles. The monoisotopic (exact) mass is 214 g/mol. The quantitative estimate of drug-likeness (QED) is 0.646. The Labute approximate surface area is 89.0 Å². The highest BCUT2D eigenvalue weighted by Crippen LogP contribution is 2.52. The molecule has 0 saturated heterocycles. The summed E-state index contributed by atoms with van der Waals surface area (Å²) in [7, 11) is 0. The van der Waals surface area contributed by atoms with Gasteiger partial charge in [0.25, 0.3) is 0 Å². The first-order valence-corrected chi connectivity index (χ1v) is 5.09. The van der Waals surface area contributed by atoms with Crippen LogP contribution in [0, 0.1) is 17.3 Å². The Morgan fingerprint density at radius 1 is 1.47 bits per heavy atom. The van der Waals surface area contributed by atoms with Crippen molar-refractivity contribution < 1.29 is 14.7 Å². The van der Waals surface area contributed by atoms with E-state index in [1.165, 1.54) is 0 Å². The van der Waals surface area contributed by atoms with Crippen LogP contribution in [0.25, 0.3) is 0 Å². The Hall–Kier alpha value is -1.26. The molecule has 0 radical (unpaired) electrons. The summed E-state index contributed by atoms with van der Waals surface area (Å²) in [5.41, 5.74) is 5.14. The van der Waals surface area contributed by atoms with Gasteiger partial charge in [0.2, 0.25) is 5.91 Å². The van der Waals surface area contributed by atoms with E-state index in [1.807, 2.05) is 0 Å². The van der Waals surface area contributed by atoms with Crippen LogP contribution in [0.3, 0.4) is 0 Å². The number of carbonyl (C=O) groups excluding carboxylic acids is 1. The third-order valence-electron chi connectivity index (χ3n) is 3.62. The summed E-state index contributed by atoms with van der Waals surface area (Å²) in [6.45, 7) is 4.56. The largest absolute Gasteiger partial charge is 0.465 e. The van der Waals surface area contributed by atoms with E-state index in [9.17, 15) is 9.59 Å². The van der Waals surface area contributed by atoms with Gasteiger partial charge in [-0.15, -0.1) is 0 Å². The predicted octanol–water partition coefficient (Wildman–Crippen LogP) is 0.792. The maximum Gasteiger partial charge on any atom is 0.404 e. The second kappa shape index (κ2) is 4.08. The van der Waals surface area contributed by atoms with Crippen molar-refractivity contribution in [2.24, 2.45) is 23.0 Å². The number of rotatable bonds is 4. The highest BCUT2D eigenvalue weighted by molar-refractivity contribution is 5.74. The van der Waals surface area contributed by atoms with Gasteiger partial charge in [0.05, 0.1) is 0 Å². The van der Waals surface area contributed by atoms with Gasteiger partial charge < -0.3 is 16.2 Å². The minimum absolute atomic E-state index is 0.00250. The van der Waals surface area contributed by atoms with Gasteiger partial charge in [0.1, 0.15) is 0 Å². The lowest BCUT2D eigenvalue weighted by Crippen LogP contribution is -2.50. The molecule has 1 rings (SSSR count). The molecule has 2 amide bonds. The molecule has 4 N–H and O–H groups in total. The number of hydrogen-bond donors (Lipinski definition) is 3. The Morgan fingerprint density at radius 2 is 2.07 bits per heavy atom. The lowest BCUT2D eigenvalue weighted by atomic mass is 9.54. The fraction of sp³-hybridized carbons (Fsp3) is 0.800. The van der Waals surface area contributed by atoms with Gasteiger partial charge >= 0.3 is 6.09 Å². The third kappa shape index (κ3) is 2.61. The van der Waals surface area contributed by atoms with Crippen LogP contribution in [0.2, 0.25) is 0 Å². The fourth-order valence-corrected chi connectivity index (χ4v) is 2.27. The van der Waals surface area contributed by atoms with Gasteiger partial charge in [-0.3, -0.25) is 4.79 Å². The molecule has 1 saturated carbocycles. The van der Waals surface area contributed by atoms with Crippen LogP contribution >= 0.6 is 0 Å². The van der Waals surface area contributed by atoms with Gasteiger partial charge in [-0.25, -0.2) is 4.79 Å². The first-order chi connectivity index (χ1) is 6.84. The molecule has 0 bridgehead atoms. The Morgan fingerprint density at radius 3 is 2.47 bits per heavy atom. The van der Waals surface area contributed by atoms with E-state index >= 15 is 0 Å². The van der Waals surface area contributed by atoms with Crippen LogP contribution in [-0.4, -0.2) is 23.7 Å². The molecule has 5 nitrogen and oxygen atoms in total. The summed E-state index contributed by atoms with van der Waals surface area (Å²) in [4.78, 5) is 21.1. The average Bonchev–Trinajstić information content (AvgIpc) is 2.09. The number of amides is 2. The SMILES string of the molecule is CC1(C)[C@H](CNC(=O)O)C[C@H]1CC(N)=O. The summed E-state index contributed by atoms with van der Waals surface area (Å²) >= 11 is 0. The lowest BCUT2D eigenvalue weighted by molar-refractivity contribution is -0.123. The van der Waals surface area contributed by atoms with Crippen molar-refractivity contribution >= 4 is 12.0 Å². The smallest absolute Gasteiger partial charge is 0.404 e. The highest BCUT2D eigenvalue weighted by Gasteiger charge is 2.47. The third-order valence-corrected chi connectivity index (χ3v) is 3.62. The predicted molar refractivity (Wildman–Crippen MR) is 55.2 cm³/mol. The van der Waals surface area contributed by atoms with E-state index in [4.69, 9.17) is 10.8 Å². The minimum Gasteiger partial charge on any atom is -0.465 e. The van der Waals surface area contributed by atoms with E-state index in [0.717, 1.165) is 6.42 Å². The molecular formula is C10H18N2O3. The maximum absolute atomic E-state index is 10.8. The molecule has 0 aliphatic heterocycles. The fourth-order valence-electron chi connectivity index (χ4n) is 2.27. The van der Waals surface area contributed by atoms with Crippen LogP contribution < -0.4 is 11.1 Å². The van der Waals surface area contributed by atoms with E-state index in [1.54, 1.807) is 0 Å². The van der Waals surface area contributed by atoms with Crippen LogP contribution in [0.5, 0.6) is 0 Å². The second-order valence-corrected chi connectivity index (χ2v) is 4.81. The number of carboxylic acid groups (broad SMARTS) is 1. The number of carbonyl (C=O) groups is 2. The zero-order chi connectivity index (χ0) is 11.6. The molecule has 0 aromatic carbocycles. The number of nitrogens with two attached hydrogens (primary N) is 1. The van der Waals surface area contributed by atoms with Gasteiger partial charge in [-0.05, 0) is 23.7 Å². The van der Waals surface area contributed by atoms with Gasteiger partial charge in [0.15, 0.2) is 0 Å². The molecule has 5 heteroatoms. The van der Waals surface area contributed by atoms with Crippen LogP contribution in [-0.2, 0) is 4.79 Å². The number of hydrogen-bond acceptors (Lipinski definition) is 2. The molecule has 0 heterocycles. The van der Waals surface area contributed by atoms with E-state index < -0.39 is 6.09 Å². The van der Waals surface area contributed by atoms with Crippen LogP contribution in [0.15, 0.2) is 0 Å². The Balaban J connectivity index is 2.41. The number of nitrogens with one attached hydrogen (secondary N) is 1. The zero-order valence-corrected chi connectivity index (χ0v) is 9.12. The van der Waals surface area contributed by atoms with Crippen molar-refractivity contribution in [2.45, 2.75) is 26.7 Å². The molecule has 15 heavy (non-hydrogen) atoms. The summed E-state index contributed by atoms with van der Waals surface area (Å²) in [6.07, 6.45) is 0.274. The standard InChI is InChI=1S/C10H18N2O3/c1-10(2)6(4-8(11)13)3-7(10)5-12-9(14)15/h6-7,12H,3-5H2,1-2H3,(H2,11,13)(H,14,15)/t6-,7-/m0/s1. The van der Waals surface area contributed by atoms with Gasteiger partial charge in [0, 0.05) is 13.0 Å². The molecule has 86 valence electrons. The maximum atomic E-state index is 10.8. The van der Waals surface area contributed by atoms with Crippen molar-refractivity contribution in [2.75, 3.05) is 6.54 Å². The first kappa shape index (κ1) is 11.8. The van der Waals surface area contributed by atoms with Gasteiger partial charge in [-0.2, -0.15) is 0 Å². The first-order valence-electron chi connectivity index (χ1n) is 5.09. The Bertz CT molecular complexity index is 276. The topological polar surface area (TPSA) is 92.4 Å². The van der Waals surface area contributed by atoms with E-state index in [-0.39, 0.29) is 17.2 Å². The molecule has 2 atom stereocenters. The van der Waals surface area contributed by atoms with Crippen LogP contribution in [0.4, 0.5) is 4.79 Å². The van der Waals surface area contributed by atoms with Crippen molar-refractivity contribution in [3.8, 4) is 0 Å². The number of primary amides is 1. The Kier molecular flexibility index (Phi) is 3.21. The molecule has 0 aromatic rings. The minimum atomic E-state index is -0.996. The summed E-state index contributed by atoms with van der Waals surface area (Å²) in [5, 5.41) is 10.9. The zero-order valence-electron chi connectivity index (χ0n) is 9.12. The normalized spacial score (nSPS) is 27.9. The lowest BCUT2D eigenvalue weighted by Gasteiger charge is -2.52. The van der Waals surface area contributed by atoms with Crippen LogP contribution in [0.1, 0.15) is 26.7 Å².